The molecule has 0 amide bonds. The smallest absolute Gasteiger partial charge is 0.0159 e. The molecule has 1 aliphatic rings. The molecule has 0 spiro atoms. The molecule has 0 aromatic heterocycles. The zero-order chi connectivity index (χ0) is 9.97. The predicted molar refractivity (Wildman–Crippen MR) is 61.6 cm³/mol. The lowest BCUT2D eigenvalue weighted by molar-refractivity contribution is 0.521. The average molecular weight is 188 g/mol. The highest BCUT2D eigenvalue weighted by Crippen LogP contribution is 2.39. The molecule has 0 unspecified atom stereocenters. The lowest BCUT2D eigenvalue weighted by Gasteiger charge is -2.10. The number of rotatable bonds is 2. The van der Waals surface area contributed by atoms with Gasteiger partial charge in [-0.25, -0.2) is 0 Å². The molecule has 0 heterocycles. The Kier molecular flexibility index (Phi) is 2.90. The summed E-state index contributed by atoms with van der Waals surface area (Å²) < 4.78 is 0. The average Bonchev–Trinajstić information content (AvgIpc) is 2.67. The Hall–Kier alpha value is -0.780. The highest BCUT2D eigenvalue weighted by molar-refractivity contribution is 5.25. The summed E-state index contributed by atoms with van der Waals surface area (Å²) in [7, 11) is 0. The van der Waals surface area contributed by atoms with Crippen LogP contribution >= 0.6 is 0 Å². The molecule has 2 rings (SSSR count). The first-order chi connectivity index (χ1) is 6.79. The largest absolute Gasteiger partial charge is 0.0651 e. The SMILES string of the molecule is CC[C@H]1CC[C@@H](c2ccc(C)cc2)C1. The van der Waals surface area contributed by atoms with E-state index in [-0.39, 0.29) is 0 Å². The third-order valence-electron chi connectivity index (χ3n) is 3.67. The summed E-state index contributed by atoms with van der Waals surface area (Å²) in [4.78, 5) is 0. The van der Waals surface area contributed by atoms with E-state index < -0.39 is 0 Å². The van der Waals surface area contributed by atoms with E-state index >= 15 is 0 Å². The van der Waals surface area contributed by atoms with Crippen molar-refractivity contribution in [2.45, 2.75) is 45.4 Å². The van der Waals surface area contributed by atoms with Crippen LogP contribution in [0.4, 0.5) is 0 Å². The Morgan fingerprint density at radius 2 is 1.86 bits per heavy atom. The lowest BCUT2D eigenvalue weighted by Crippen LogP contribution is -1.94. The van der Waals surface area contributed by atoms with Gasteiger partial charge in [-0.2, -0.15) is 0 Å². The standard InChI is InChI=1S/C14H20/c1-3-12-6-9-14(10-12)13-7-4-11(2)5-8-13/h4-5,7-8,12,14H,3,6,9-10H2,1-2H3/t12-,14+/m0/s1. The van der Waals surface area contributed by atoms with Gasteiger partial charge in [0.15, 0.2) is 0 Å². The Morgan fingerprint density at radius 3 is 2.43 bits per heavy atom. The van der Waals surface area contributed by atoms with Gasteiger partial charge in [0.2, 0.25) is 0 Å². The van der Waals surface area contributed by atoms with Crippen molar-refractivity contribution < 1.29 is 0 Å². The van der Waals surface area contributed by atoms with Crippen LogP contribution in [0.1, 0.15) is 49.7 Å². The van der Waals surface area contributed by atoms with Crippen LogP contribution in [0.2, 0.25) is 0 Å². The second kappa shape index (κ2) is 4.16. The van der Waals surface area contributed by atoms with E-state index in [0.717, 1.165) is 11.8 Å². The lowest BCUT2D eigenvalue weighted by atomic mass is 9.95. The summed E-state index contributed by atoms with van der Waals surface area (Å²) in [6.45, 7) is 4.48. The van der Waals surface area contributed by atoms with Crippen molar-refractivity contribution in [2.75, 3.05) is 0 Å². The van der Waals surface area contributed by atoms with Crippen molar-refractivity contribution in [1.29, 1.82) is 0 Å². The topological polar surface area (TPSA) is 0 Å². The van der Waals surface area contributed by atoms with Gasteiger partial charge in [-0.15, -0.1) is 0 Å². The molecule has 1 saturated carbocycles. The number of benzene rings is 1. The molecule has 0 aliphatic heterocycles. The maximum atomic E-state index is 2.32. The molecule has 0 heteroatoms. The van der Waals surface area contributed by atoms with Crippen LogP contribution < -0.4 is 0 Å². The Labute approximate surface area is 87.3 Å². The Balaban J connectivity index is 2.06. The fraction of sp³-hybridized carbons (Fsp3) is 0.571. The van der Waals surface area contributed by atoms with Crippen molar-refractivity contribution in [3.63, 3.8) is 0 Å². The number of hydrogen-bond donors (Lipinski definition) is 0. The summed E-state index contributed by atoms with van der Waals surface area (Å²) in [6, 6.07) is 9.12. The maximum Gasteiger partial charge on any atom is -0.0159 e. The fourth-order valence-electron chi connectivity index (χ4n) is 2.59. The minimum atomic E-state index is 0.848. The molecule has 14 heavy (non-hydrogen) atoms. The summed E-state index contributed by atoms with van der Waals surface area (Å²) in [5.41, 5.74) is 2.94. The van der Waals surface area contributed by atoms with E-state index in [4.69, 9.17) is 0 Å². The van der Waals surface area contributed by atoms with Crippen LogP contribution in [0.3, 0.4) is 0 Å². The van der Waals surface area contributed by atoms with Gasteiger partial charge in [-0.1, -0.05) is 43.2 Å². The Morgan fingerprint density at radius 1 is 1.14 bits per heavy atom. The van der Waals surface area contributed by atoms with Gasteiger partial charge in [0.25, 0.3) is 0 Å². The zero-order valence-corrected chi connectivity index (χ0v) is 9.29. The molecule has 76 valence electrons. The molecule has 0 nitrogen and oxygen atoms in total. The predicted octanol–water partition coefficient (Wildman–Crippen LogP) is 4.29. The highest BCUT2D eigenvalue weighted by atomic mass is 14.3. The van der Waals surface area contributed by atoms with Crippen LogP contribution in [-0.4, -0.2) is 0 Å². The van der Waals surface area contributed by atoms with Crippen molar-refractivity contribution in [1.82, 2.24) is 0 Å². The number of aryl methyl sites for hydroxylation is 1. The third kappa shape index (κ3) is 2.00. The van der Waals surface area contributed by atoms with E-state index in [9.17, 15) is 0 Å². The molecule has 1 aromatic rings. The zero-order valence-electron chi connectivity index (χ0n) is 9.29. The first-order valence-corrected chi connectivity index (χ1v) is 5.86. The van der Waals surface area contributed by atoms with Crippen molar-refractivity contribution in [2.24, 2.45) is 5.92 Å². The van der Waals surface area contributed by atoms with E-state index in [0.29, 0.717) is 0 Å². The minimum Gasteiger partial charge on any atom is -0.0651 e. The second-order valence-corrected chi connectivity index (χ2v) is 4.69. The van der Waals surface area contributed by atoms with E-state index in [1.165, 1.54) is 31.2 Å². The molecular weight excluding hydrogens is 168 g/mol. The molecule has 1 aromatic carbocycles. The van der Waals surface area contributed by atoms with Crippen LogP contribution in [0.5, 0.6) is 0 Å². The molecule has 2 atom stereocenters. The second-order valence-electron chi connectivity index (χ2n) is 4.69. The van der Waals surface area contributed by atoms with Crippen molar-refractivity contribution in [3.05, 3.63) is 35.4 Å². The summed E-state index contributed by atoms with van der Waals surface area (Å²) in [5.74, 6) is 1.84. The van der Waals surface area contributed by atoms with E-state index in [1.807, 2.05) is 0 Å². The van der Waals surface area contributed by atoms with Crippen LogP contribution in [0.25, 0.3) is 0 Å². The molecule has 0 radical (unpaired) electrons. The van der Waals surface area contributed by atoms with Gasteiger partial charge in [0, 0.05) is 0 Å². The van der Waals surface area contributed by atoms with Gasteiger partial charge in [-0.3, -0.25) is 0 Å². The molecule has 0 N–H and O–H groups in total. The van der Waals surface area contributed by atoms with Crippen LogP contribution in [0, 0.1) is 12.8 Å². The first kappa shape index (κ1) is 9.76. The molecular formula is C14H20. The van der Waals surface area contributed by atoms with Crippen molar-refractivity contribution >= 4 is 0 Å². The van der Waals surface area contributed by atoms with Crippen LogP contribution in [-0.2, 0) is 0 Å². The summed E-state index contributed by atoms with van der Waals surface area (Å²) >= 11 is 0. The molecule has 1 aliphatic carbocycles. The highest BCUT2D eigenvalue weighted by Gasteiger charge is 2.24. The van der Waals surface area contributed by atoms with Crippen molar-refractivity contribution in [3.8, 4) is 0 Å². The van der Waals surface area contributed by atoms with Gasteiger partial charge in [0.05, 0.1) is 0 Å². The van der Waals surface area contributed by atoms with Gasteiger partial charge < -0.3 is 0 Å². The normalized spacial score (nSPS) is 26.7. The quantitative estimate of drug-likeness (QED) is 0.649. The van der Waals surface area contributed by atoms with E-state index in [2.05, 4.69) is 38.1 Å². The van der Waals surface area contributed by atoms with Gasteiger partial charge >= 0.3 is 0 Å². The Bertz CT molecular complexity index is 283. The fourth-order valence-corrected chi connectivity index (χ4v) is 2.59. The maximum absolute atomic E-state index is 2.32. The van der Waals surface area contributed by atoms with Gasteiger partial charge in [0.1, 0.15) is 0 Å². The number of hydrogen-bond acceptors (Lipinski definition) is 0. The monoisotopic (exact) mass is 188 g/mol. The van der Waals surface area contributed by atoms with Crippen LogP contribution in [0.15, 0.2) is 24.3 Å². The van der Waals surface area contributed by atoms with E-state index in [1.54, 1.807) is 5.56 Å². The summed E-state index contributed by atoms with van der Waals surface area (Å²) in [6.07, 6.45) is 5.62. The molecule has 0 bridgehead atoms. The summed E-state index contributed by atoms with van der Waals surface area (Å²) in [5, 5.41) is 0. The van der Waals surface area contributed by atoms with Gasteiger partial charge in [-0.05, 0) is 43.6 Å². The first-order valence-electron chi connectivity index (χ1n) is 5.86. The third-order valence-corrected chi connectivity index (χ3v) is 3.67. The molecule has 0 saturated heterocycles. The minimum absolute atomic E-state index is 0.848. The molecule has 1 fully saturated rings.